The minimum atomic E-state index is -0.214. The molecule has 2 N–H and O–H groups in total. The fraction of sp³-hybridized carbons (Fsp3) is 0.556. The molecule has 6 nitrogen and oxygen atoms in total. The molecule has 1 aliphatic heterocycles. The third-order valence-electron chi connectivity index (χ3n) is 4.84. The van der Waals surface area contributed by atoms with Crippen LogP contribution in [0.1, 0.15) is 25.3 Å². The smallest absolute Gasteiger partial charge is 0.315 e. The van der Waals surface area contributed by atoms with Crippen molar-refractivity contribution < 1.29 is 9.59 Å². The molecule has 24 heavy (non-hydrogen) atoms. The maximum absolute atomic E-state index is 12.1. The van der Waals surface area contributed by atoms with Gasteiger partial charge < -0.3 is 20.4 Å². The van der Waals surface area contributed by atoms with E-state index in [1.165, 1.54) is 0 Å². The average molecular weight is 330 g/mol. The van der Waals surface area contributed by atoms with Crippen LogP contribution in [-0.2, 0) is 11.3 Å². The van der Waals surface area contributed by atoms with Crippen LogP contribution < -0.4 is 15.5 Å². The third kappa shape index (κ3) is 3.80. The van der Waals surface area contributed by atoms with Gasteiger partial charge in [0.25, 0.3) is 0 Å². The summed E-state index contributed by atoms with van der Waals surface area (Å²) in [6.45, 7) is 3.27. The monoisotopic (exact) mass is 330 g/mol. The van der Waals surface area contributed by atoms with E-state index in [0.717, 1.165) is 17.7 Å². The van der Waals surface area contributed by atoms with E-state index in [1.807, 2.05) is 42.1 Å². The molecule has 1 heterocycles. The number of urea groups is 1. The van der Waals surface area contributed by atoms with E-state index in [2.05, 4.69) is 23.6 Å². The van der Waals surface area contributed by atoms with Gasteiger partial charge in [-0.05, 0) is 30.0 Å². The van der Waals surface area contributed by atoms with Crippen LogP contribution in [0.5, 0.6) is 0 Å². The normalized spacial score (nSPS) is 25.5. The van der Waals surface area contributed by atoms with Gasteiger partial charge in [0.2, 0.25) is 5.91 Å². The van der Waals surface area contributed by atoms with E-state index >= 15 is 0 Å². The number of carbonyl (C=O) groups excluding carboxylic acids is 2. The molecule has 130 valence electrons. The highest BCUT2D eigenvalue weighted by Gasteiger charge is 2.44. The summed E-state index contributed by atoms with van der Waals surface area (Å²) in [5, 5.41) is 5.80. The number of nitrogens with one attached hydrogen (secondary N) is 2. The van der Waals surface area contributed by atoms with Crippen LogP contribution in [0.4, 0.5) is 10.5 Å². The van der Waals surface area contributed by atoms with Crippen molar-refractivity contribution in [1.29, 1.82) is 0 Å². The molecule has 1 aliphatic carbocycles. The highest BCUT2D eigenvalue weighted by Crippen LogP contribution is 2.37. The molecule has 1 saturated carbocycles. The minimum Gasteiger partial charge on any atom is -0.378 e. The third-order valence-corrected chi connectivity index (χ3v) is 4.84. The molecule has 0 aromatic heterocycles. The molecular formula is C18H26N4O2. The fourth-order valence-corrected chi connectivity index (χ4v) is 3.25. The number of nitrogens with zero attached hydrogens (tertiary/aromatic N) is 2. The molecule has 1 aromatic carbocycles. The number of anilines is 1. The molecule has 2 fully saturated rings. The Hall–Kier alpha value is -2.24. The quantitative estimate of drug-likeness (QED) is 0.861. The largest absolute Gasteiger partial charge is 0.378 e. The standard InChI is InChI=1S/C18H26N4O2/c1-12-7-16(12)22-11-14(9-17(22)23)20-18(24)19-10-13-5-4-6-15(8-13)21(2)3/h4-6,8,12,14,16H,7,9-11H2,1-3H3,(H2,19,20,24). The summed E-state index contributed by atoms with van der Waals surface area (Å²) in [6.07, 6.45) is 1.50. The number of likely N-dealkylation sites (tertiary alicyclic amines) is 1. The number of amides is 3. The van der Waals surface area contributed by atoms with Crippen molar-refractivity contribution in [1.82, 2.24) is 15.5 Å². The molecule has 0 bridgehead atoms. The Morgan fingerprint density at radius 2 is 2.12 bits per heavy atom. The molecule has 0 spiro atoms. The summed E-state index contributed by atoms with van der Waals surface area (Å²) in [5.41, 5.74) is 2.15. The lowest BCUT2D eigenvalue weighted by molar-refractivity contribution is -0.128. The highest BCUT2D eigenvalue weighted by atomic mass is 16.2. The van der Waals surface area contributed by atoms with E-state index < -0.39 is 0 Å². The SMILES string of the molecule is CC1CC1N1CC(NC(=O)NCc2cccc(N(C)C)c2)CC1=O. The Morgan fingerprint density at radius 1 is 1.38 bits per heavy atom. The molecule has 3 amide bonds. The topological polar surface area (TPSA) is 64.7 Å². The predicted octanol–water partition coefficient (Wildman–Crippen LogP) is 1.56. The van der Waals surface area contributed by atoms with Crippen LogP contribution in [0, 0.1) is 5.92 Å². The number of rotatable bonds is 5. The zero-order chi connectivity index (χ0) is 17.3. The van der Waals surface area contributed by atoms with Crippen molar-refractivity contribution >= 4 is 17.6 Å². The second-order valence-electron chi connectivity index (χ2n) is 7.12. The Bertz CT molecular complexity index is 631. The van der Waals surface area contributed by atoms with Gasteiger partial charge in [-0.2, -0.15) is 0 Å². The molecule has 6 heteroatoms. The van der Waals surface area contributed by atoms with Gasteiger partial charge in [-0.25, -0.2) is 4.79 Å². The van der Waals surface area contributed by atoms with Gasteiger partial charge in [-0.1, -0.05) is 19.1 Å². The van der Waals surface area contributed by atoms with Crippen LogP contribution in [0.3, 0.4) is 0 Å². The first kappa shape index (κ1) is 16.6. The first-order valence-electron chi connectivity index (χ1n) is 8.54. The number of carbonyl (C=O) groups is 2. The van der Waals surface area contributed by atoms with Crippen molar-refractivity contribution in [2.45, 2.75) is 38.4 Å². The Balaban J connectivity index is 1.46. The van der Waals surface area contributed by atoms with Crippen molar-refractivity contribution in [3.8, 4) is 0 Å². The second kappa shape index (κ2) is 6.71. The lowest BCUT2D eigenvalue weighted by Gasteiger charge is -2.17. The van der Waals surface area contributed by atoms with Crippen LogP contribution >= 0.6 is 0 Å². The van der Waals surface area contributed by atoms with Crippen LogP contribution in [0.25, 0.3) is 0 Å². The van der Waals surface area contributed by atoms with Crippen LogP contribution in [0.2, 0.25) is 0 Å². The zero-order valence-electron chi connectivity index (χ0n) is 14.6. The molecular weight excluding hydrogens is 304 g/mol. The molecule has 3 unspecified atom stereocenters. The summed E-state index contributed by atoms with van der Waals surface area (Å²) < 4.78 is 0. The maximum Gasteiger partial charge on any atom is 0.315 e. The number of hydrogen-bond acceptors (Lipinski definition) is 3. The van der Waals surface area contributed by atoms with Gasteiger partial charge in [0.1, 0.15) is 0 Å². The number of hydrogen-bond donors (Lipinski definition) is 2. The summed E-state index contributed by atoms with van der Waals surface area (Å²) in [5.74, 6) is 0.763. The summed E-state index contributed by atoms with van der Waals surface area (Å²) in [6, 6.07) is 8.14. The summed E-state index contributed by atoms with van der Waals surface area (Å²) in [7, 11) is 3.98. The molecule has 2 aliphatic rings. The molecule has 0 radical (unpaired) electrons. The lowest BCUT2D eigenvalue weighted by atomic mass is 10.2. The van der Waals surface area contributed by atoms with Crippen LogP contribution in [-0.4, -0.2) is 49.6 Å². The highest BCUT2D eigenvalue weighted by molar-refractivity contribution is 5.82. The summed E-state index contributed by atoms with van der Waals surface area (Å²) >= 11 is 0. The Morgan fingerprint density at radius 3 is 2.79 bits per heavy atom. The van der Waals surface area contributed by atoms with E-state index in [1.54, 1.807) is 0 Å². The van der Waals surface area contributed by atoms with Gasteiger partial charge in [0.05, 0.1) is 6.04 Å². The van der Waals surface area contributed by atoms with E-state index in [9.17, 15) is 9.59 Å². The Kier molecular flexibility index (Phi) is 4.64. The van der Waals surface area contributed by atoms with E-state index in [0.29, 0.717) is 31.5 Å². The maximum atomic E-state index is 12.1. The first-order chi connectivity index (χ1) is 11.4. The van der Waals surface area contributed by atoms with E-state index in [4.69, 9.17) is 0 Å². The van der Waals surface area contributed by atoms with Crippen molar-refractivity contribution in [2.24, 2.45) is 5.92 Å². The van der Waals surface area contributed by atoms with Gasteiger partial charge in [0.15, 0.2) is 0 Å². The zero-order valence-corrected chi connectivity index (χ0v) is 14.6. The average Bonchev–Trinajstić information content (AvgIpc) is 3.15. The molecule has 3 atom stereocenters. The minimum absolute atomic E-state index is 0.0848. The predicted molar refractivity (Wildman–Crippen MR) is 93.8 cm³/mol. The van der Waals surface area contributed by atoms with Crippen molar-refractivity contribution in [3.63, 3.8) is 0 Å². The Labute approximate surface area is 143 Å². The van der Waals surface area contributed by atoms with Crippen LogP contribution in [0.15, 0.2) is 24.3 Å². The lowest BCUT2D eigenvalue weighted by Crippen LogP contribution is -2.43. The van der Waals surface area contributed by atoms with Gasteiger partial charge in [-0.15, -0.1) is 0 Å². The van der Waals surface area contributed by atoms with E-state index in [-0.39, 0.29) is 18.0 Å². The van der Waals surface area contributed by atoms with Crippen molar-refractivity contribution in [3.05, 3.63) is 29.8 Å². The first-order valence-corrected chi connectivity index (χ1v) is 8.54. The van der Waals surface area contributed by atoms with Gasteiger partial charge in [-0.3, -0.25) is 4.79 Å². The molecule has 1 saturated heterocycles. The van der Waals surface area contributed by atoms with Gasteiger partial charge >= 0.3 is 6.03 Å². The number of benzene rings is 1. The second-order valence-corrected chi connectivity index (χ2v) is 7.12. The fourth-order valence-electron chi connectivity index (χ4n) is 3.25. The molecule has 1 aromatic rings. The summed E-state index contributed by atoms with van der Waals surface area (Å²) in [4.78, 5) is 28.1. The van der Waals surface area contributed by atoms with Gasteiger partial charge in [0, 0.05) is 45.3 Å². The molecule has 3 rings (SSSR count). The van der Waals surface area contributed by atoms with Crippen molar-refractivity contribution in [2.75, 3.05) is 25.5 Å².